The molecule has 1 aliphatic rings. The first kappa shape index (κ1) is 26.1. The Kier molecular flexibility index (Phi) is 5.53. The van der Waals surface area contributed by atoms with E-state index < -0.39 is 0 Å². The van der Waals surface area contributed by atoms with E-state index in [1.54, 1.807) is 0 Å². The van der Waals surface area contributed by atoms with Gasteiger partial charge in [0.2, 0.25) is 0 Å². The van der Waals surface area contributed by atoms with E-state index in [4.69, 9.17) is 0 Å². The van der Waals surface area contributed by atoms with E-state index in [1.807, 2.05) is 0 Å². The molecule has 0 saturated carbocycles. The summed E-state index contributed by atoms with van der Waals surface area (Å²) in [4.78, 5) is 2.35. The number of aryl methyl sites for hydroxylation is 1. The molecule has 0 N–H and O–H groups in total. The maximum absolute atomic E-state index is 2.40. The fourth-order valence-corrected chi connectivity index (χ4v) is 7.67. The monoisotopic (exact) mass is 598 g/mol. The number of nitrogens with zero attached hydrogens (tertiary/aromatic N) is 2. The number of para-hydroxylation sites is 3. The maximum atomic E-state index is 2.40. The third kappa shape index (κ3) is 3.98. The highest BCUT2D eigenvalue weighted by molar-refractivity contribution is 6.13. The highest BCUT2D eigenvalue weighted by atomic mass is 15.1. The van der Waals surface area contributed by atoms with Crippen molar-refractivity contribution in [2.45, 2.75) is 6.92 Å². The lowest BCUT2D eigenvalue weighted by molar-refractivity contribution is 1.19. The Labute approximate surface area is 273 Å². The number of hydrogen-bond donors (Lipinski definition) is 0. The van der Waals surface area contributed by atoms with Crippen LogP contribution in [0.25, 0.3) is 71.3 Å². The van der Waals surface area contributed by atoms with Crippen molar-refractivity contribution in [1.82, 2.24) is 4.57 Å². The van der Waals surface area contributed by atoms with Gasteiger partial charge >= 0.3 is 0 Å². The zero-order valence-electron chi connectivity index (χ0n) is 26.0. The topological polar surface area (TPSA) is 8.17 Å². The molecular formula is C45H30N2. The van der Waals surface area contributed by atoms with Crippen LogP contribution in [0, 0.1) is 6.92 Å². The molecule has 0 saturated heterocycles. The van der Waals surface area contributed by atoms with Crippen LogP contribution >= 0.6 is 0 Å². The van der Waals surface area contributed by atoms with Gasteiger partial charge in [0.1, 0.15) is 0 Å². The summed E-state index contributed by atoms with van der Waals surface area (Å²) in [6.45, 7) is 2.15. The third-order valence-corrected chi connectivity index (χ3v) is 9.87. The van der Waals surface area contributed by atoms with Crippen molar-refractivity contribution in [3.63, 3.8) is 0 Å². The van der Waals surface area contributed by atoms with Crippen molar-refractivity contribution in [2.24, 2.45) is 0 Å². The quantitative estimate of drug-likeness (QED) is 0.196. The van der Waals surface area contributed by atoms with E-state index in [9.17, 15) is 0 Å². The summed E-state index contributed by atoms with van der Waals surface area (Å²) < 4.78 is 2.40. The Bertz CT molecular complexity index is 2640. The van der Waals surface area contributed by atoms with Crippen LogP contribution in [0.2, 0.25) is 0 Å². The average Bonchev–Trinajstić information content (AvgIpc) is 3.45. The molecule has 0 fully saturated rings. The molecule has 2 nitrogen and oxygen atoms in total. The number of rotatable bonds is 4. The number of anilines is 3. The molecule has 0 aliphatic heterocycles. The average molecular weight is 599 g/mol. The molecular weight excluding hydrogens is 569 g/mol. The number of fused-ring (bicyclic) bond motifs is 9. The van der Waals surface area contributed by atoms with Crippen LogP contribution in [-0.2, 0) is 0 Å². The molecule has 9 aromatic rings. The van der Waals surface area contributed by atoms with E-state index >= 15 is 0 Å². The highest BCUT2D eigenvalue weighted by Crippen LogP contribution is 2.51. The van der Waals surface area contributed by atoms with Gasteiger partial charge in [0.15, 0.2) is 0 Å². The van der Waals surface area contributed by atoms with Gasteiger partial charge in [-0.3, -0.25) is 0 Å². The van der Waals surface area contributed by atoms with Crippen molar-refractivity contribution in [1.29, 1.82) is 0 Å². The molecule has 220 valence electrons. The van der Waals surface area contributed by atoms with E-state index in [0.29, 0.717) is 0 Å². The Morgan fingerprint density at radius 2 is 0.915 bits per heavy atom. The molecule has 10 rings (SSSR count). The van der Waals surface area contributed by atoms with Crippen molar-refractivity contribution < 1.29 is 0 Å². The molecule has 47 heavy (non-hydrogen) atoms. The third-order valence-electron chi connectivity index (χ3n) is 9.87. The fourth-order valence-electron chi connectivity index (χ4n) is 7.67. The van der Waals surface area contributed by atoms with Gasteiger partial charge in [-0.2, -0.15) is 0 Å². The largest absolute Gasteiger partial charge is 0.310 e. The van der Waals surface area contributed by atoms with Gasteiger partial charge in [-0.25, -0.2) is 0 Å². The Balaban J connectivity index is 1.07. The molecule has 0 unspecified atom stereocenters. The predicted molar refractivity (Wildman–Crippen MR) is 200 cm³/mol. The molecule has 0 spiro atoms. The number of aromatic nitrogens is 1. The standard InChI is InChI=1S/C45H30N2/c1-29-10-9-13-35(22-29)46(34-11-3-2-4-12-34)36-20-18-30-25-40-42(27-32(30)23-36)41-26-31-19-21-37(24-33(31)28-43(40)41)47-44-16-7-5-14-38(44)39-15-6-8-17-45(39)47/h2-28H,1H3. The van der Waals surface area contributed by atoms with E-state index in [0.717, 1.165) is 17.1 Å². The molecule has 0 atom stereocenters. The smallest absolute Gasteiger partial charge is 0.0541 e. The summed E-state index contributed by atoms with van der Waals surface area (Å²) in [7, 11) is 0. The molecule has 1 heterocycles. The van der Waals surface area contributed by atoms with Crippen LogP contribution in [0.3, 0.4) is 0 Å². The first-order valence-electron chi connectivity index (χ1n) is 16.3. The summed E-state index contributed by atoms with van der Waals surface area (Å²) in [6.07, 6.45) is 0. The van der Waals surface area contributed by atoms with E-state index in [1.165, 1.54) is 76.9 Å². The molecule has 0 amide bonds. The second-order valence-electron chi connectivity index (χ2n) is 12.7. The molecule has 1 aliphatic carbocycles. The van der Waals surface area contributed by atoms with Crippen LogP contribution in [0.1, 0.15) is 5.56 Å². The van der Waals surface area contributed by atoms with Crippen molar-refractivity contribution in [3.05, 3.63) is 169 Å². The Morgan fingerprint density at radius 3 is 1.57 bits per heavy atom. The highest BCUT2D eigenvalue weighted by Gasteiger charge is 2.24. The number of benzene rings is 8. The van der Waals surface area contributed by atoms with Gasteiger partial charge in [0.25, 0.3) is 0 Å². The maximum Gasteiger partial charge on any atom is 0.0541 e. The summed E-state index contributed by atoms with van der Waals surface area (Å²) in [5.41, 5.74) is 13.7. The Morgan fingerprint density at radius 1 is 0.383 bits per heavy atom. The first-order valence-corrected chi connectivity index (χ1v) is 16.3. The van der Waals surface area contributed by atoms with Gasteiger partial charge in [0.05, 0.1) is 11.0 Å². The number of hydrogen-bond acceptors (Lipinski definition) is 1. The van der Waals surface area contributed by atoms with Crippen molar-refractivity contribution in [2.75, 3.05) is 4.90 Å². The zero-order chi connectivity index (χ0) is 31.1. The van der Waals surface area contributed by atoms with Crippen LogP contribution in [-0.4, -0.2) is 4.57 Å². The van der Waals surface area contributed by atoms with Gasteiger partial charge in [-0.1, -0.05) is 78.9 Å². The fraction of sp³-hybridized carbons (Fsp3) is 0.0222. The minimum atomic E-state index is 1.15. The van der Waals surface area contributed by atoms with Crippen LogP contribution in [0.15, 0.2) is 164 Å². The van der Waals surface area contributed by atoms with Gasteiger partial charge < -0.3 is 9.47 Å². The summed E-state index contributed by atoms with van der Waals surface area (Å²) >= 11 is 0. The lowest BCUT2D eigenvalue weighted by atomic mass is 9.78. The van der Waals surface area contributed by atoms with Gasteiger partial charge in [-0.15, -0.1) is 0 Å². The van der Waals surface area contributed by atoms with Crippen molar-refractivity contribution in [3.8, 4) is 27.9 Å². The predicted octanol–water partition coefficient (Wildman–Crippen LogP) is 12.5. The summed E-state index contributed by atoms with van der Waals surface area (Å²) in [5, 5.41) is 7.62. The summed E-state index contributed by atoms with van der Waals surface area (Å²) in [6, 6.07) is 60.1. The van der Waals surface area contributed by atoms with E-state index in [-0.39, 0.29) is 0 Å². The van der Waals surface area contributed by atoms with Crippen molar-refractivity contribution >= 4 is 60.4 Å². The van der Waals surface area contributed by atoms with Crippen LogP contribution in [0.5, 0.6) is 0 Å². The lowest BCUT2D eigenvalue weighted by Gasteiger charge is -2.28. The second-order valence-corrected chi connectivity index (χ2v) is 12.7. The summed E-state index contributed by atoms with van der Waals surface area (Å²) in [5.74, 6) is 0. The van der Waals surface area contributed by atoms with Crippen LogP contribution < -0.4 is 4.90 Å². The first-order chi connectivity index (χ1) is 23.2. The van der Waals surface area contributed by atoms with Gasteiger partial charge in [-0.05, 0) is 141 Å². The zero-order valence-corrected chi connectivity index (χ0v) is 26.0. The normalized spacial score (nSPS) is 11.9. The van der Waals surface area contributed by atoms with E-state index in [2.05, 4.69) is 180 Å². The second kappa shape index (κ2) is 9.94. The van der Waals surface area contributed by atoms with Crippen LogP contribution in [0.4, 0.5) is 17.1 Å². The minimum Gasteiger partial charge on any atom is -0.310 e. The van der Waals surface area contributed by atoms with Gasteiger partial charge in [0, 0.05) is 33.5 Å². The minimum absolute atomic E-state index is 1.15. The molecule has 2 heteroatoms. The molecule has 1 aromatic heterocycles. The molecule has 8 aromatic carbocycles. The SMILES string of the molecule is Cc1cccc(N(c2ccccc2)c2ccc3cc4c(cc3c2)-c2cc3ccc(-n5c6ccccc6c6ccccc65)cc3cc2-4)c1. The molecule has 0 bridgehead atoms. The molecule has 0 radical (unpaired) electrons. The Hall–Kier alpha value is -6.12. The lowest BCUT2D eigenvalue weighted by Crippen LogP contribution is -2.10.